The minimum absolute atomic E-state index is 0.0575. The Kier molecular flexibility index (Phi) is 3.29. The van der Waals surface area contributed by atoms with Crippen molar-refractivity contribution in [1.82, 2.24) is 4.90 Å². The maximum atomic E-state index is 12.0. The molecule has 1 aromatic heterocycles. The van der Waals surface area contributed by atoms with Crippen molar-refractivity contribution in [3.05, 3.63) is 21.3 Å². The minimum Gasteiger partial charge on any atom is -0.336 e. The first-order valence-corrected chi connectivity index (χ1v) is 6.16. The highest BCUT2D eigenvalue weighted by atomic mass is 35.5. The van der Waals surface area contributed by atoms with Crippen molar-refractivity contribution >= 4 is 28.8 Å². The van der Waals surface area contributed by atoms with E-state index in [-0.39, 0.29) is 11.9 Å². The Morgan fingerprint density at radius 1 is 1.60 bits per heavy atom. The van der Waals surface area contributed by atoms with Gasteiger partial charge in [0.05, 0.1) is 9.21 Å². The highest BCUT2D eigenvalue weighted by molar-refractivity contribution is 7.17. The molecule has 2 rings (SSSR count). The van der Waals surface area contributed by atoms with Gasteiger partial charge in [-0.2, -0.15) is 0 Å². The molecule has 2 N–H and O–H groups in total. The lowest BCUT2D eigenvalue weighted by molar-refractivity contribution is 0.0714. The molecule has 2 heterocycles. The Hall–Kier alpha value is -0.580. The summed E-state index contributed by atoms with van der Waals surface area (Å²) in [6.45, 7) is 1.47. The lowest BCUT2D eigenvalue weighted by Gasteiger charge is -2.30. The van der Waals surface area contributed by atoms with Gasteiger partial charge in [0.15, 0.2) is 0 Å². The number of hydrogen-bond donors (Lipinski definition) is 1. The summed E-state index contributed by atoms with van der Waals surface area (Å²) in [6, 6.07) is 3.65. The zero-order valence-electron chi connectivity index (χ0n) is 8.28. The number of nitrogens with zero attached hydrogens (tertiary/aromatic N) is 1. The molecule has 3 nitrogen and oxygen atoms in total. The van der Waals surface area contributed by atoms with E-state index in [2.05, 4.69) is 0 Å². The van der Waals surface area contributed by atoms with Crippen molar-refractivity contribution in [3.63, 3.8) is 0 Å². The number of hydrogen-bond acceptors (Lipinski definition) is 3. The molecule has 15 heavy (non-hydrogen) atoms. The van der Waals surface area contributed by atoms with Crippen LogP contribution in [0.15, 0.2) is 12.1 Å². The van der Waals surface area contributed by atoms with E-state index < -0.39 is 0 Å². The van der Waals surface area contributed by atoms with Crippen LogP contribution in [0.4, 0.5) is 0 Å². The molecule has 0 saturated carbocycles. The Labute approximate surface area is 97.8 Å². The second-order valence-corrected chi connectivity index (χ2v) is 5.47. The zero-order chi connectivity index (χ0) is 10.8. The number of amides is 1. The lowest BCUT2D eigenvalue weighted by Crippen LogP contribution is -2.45. The summed E-state index contributed by atoms with van der Waals surface area (Å²) >= 11 is 7.12. The first-order chi connectivity index (χ1) is 7.16. The number of likely N-dealkylation sites (tertiary alicyclic amines) is 1. The topological polar surface area (TPSA) is 46.3 Å². The fourth-order valence-electron chi connectivity index (χ4n) is 1.78. The number of carbonyl (C=O) groups is 1. The molecule has 0 bridgehead atoms. The molecule has 1 aromatic rings. The van der Waals surface area contributed by atoms with Crippen LogP contribution in [0.5, 0.6) is 0 Å². The standard InChI is InChI=1S/C10H13ClN2OS/c11-9-4-3-8(15-9)10(14)13-5-1-2-7(12)6-13/h3-4,7H,1-2,5-6,12H2/t7-/m1/s1. The van der Waals surface area contributed by atoms with Crippen molar-refractivity contribution in [2.75, 3.05) is 13.1 Å². The van der Waals surface area contributed by atoms with Gasteiger partial charge in [-0.1, -0.05) is 11.6 Å². The average Bonchev–Trinajstić information content (AvgIpc) is 2.64. The van der Waals surface area contributed by atoms with Crippen molar-refractivity contribution in [2.24, 2.45) is 5.73 Å². The molecule has 82 valence electrons. The third-order valence-electron chi connectivity index (χ3n) is 2.53. The molecule has 1 fully saturated rings. The average molecular weight is 245 g/mol. The maximum Gasteiger partial charge on any atom is 0.264 e. The second kappa shape index (κ2) is 4.51. The molecular weight excluding hydrogens is 232 g/mol. The van der Waals surface area contributed by atoms with Gasteiger partial charge in [-0.3, -0.25) is 4.79 Å². The zero-order valence-corrected chi connectivity index (χ0v) is 9.85. The van der Waals surface area contributed by atoms with Crippen LogP contribution < -0.4 is 5.73 Å². The monoisotopic (exact) mass is 244 g/mol. The number of thiophene rings is 1. The molecule has 0 aliphatic carbocycles. The fraction of sp³-hybridized carbons (Fsp3) is 0.500. The van der Waals surface area contributed by atoms with Gasteiger partial charge in [0.1, 0.15) is 0 Å². The van der Waals surface area contributed by atoms with Gasteiger partial charge < -0.3 is 10.6 Å². The second-order valence-electron chi connectivity index (χ2n) is 3.76. The number of nitrogens with two attached hydrogens (primary N) is 1. The predicted molar refractivity (Wildman–Crippen MR) is 62.4 cm³/mol. The van der Waals surface area contributed by atoms with E-state index in [0.717, 1.165) is 19.4 Å². The van der Waals surface area contributed by atoms with E-state index in [1.54, 1.807) is 12.1 Å². The Morgan fingerprint density at radius 2 is 2.40 bits per heavy atom. The van der Waals surface area contributed by atoms with Gasteiger partial charge in [0.25, 0.3) is 5.91 Å². The smallest absolute Gasteiger partial charge is 0.264 e. The van der Waals surface area contributed by atoms with Crippen LogP contribution >= 0.6 is 22.9 Å². The Bertz CT molecular complexity index is 366. The molecule has 1 aliphatic rings. The van der Waals surface area contributed by atoms with E-state index >= 15 is 0 Å². The van der Waals surface area contributed by atoms with Gasteiger partial charge >= 0.3 is 0 Å². The van der Waals surface area contributed by atoms with Crippen LogP contribution in [-0.2, 0) is 0 Å². The highest BCUT2D eigenvalue weighted by Crippen LogP contribution is 2.23. The summed E-state index contributed by atoms with van der Waals surface area (Å²) in [5.41, 5.74) is 5.83. The molecule has 0 unspecified atom stereocenters. The summed E-state index contributed by atoms with van der Waals surface area (Å²) in [6.07, 6.45) is 2.00. The van der Waals surface area contributed by atoms with Crippen molar-refractivity contribution in [1.29, 1.82) is 0 Å². The van der Waals surface area contributed by atoms with Crippen LogP contribution in [0, 0.1) is 0 Å². The SMILES string of the molecule is N[C@@H]1CCCN(C(=O)c2ccc(Cl)s2)C1. The van der Waals surface area contributed by atoms with Gasteiger partial charge in [-0.25, -0.2) is 0 Å². The normalized spacial score (nSPS) is 21.7. The predicted octanol–water partition coefficient (Wildman–Crippen LogP) is 1.96. The molecule has 1 aliphatic heterocycles. The molecule has 1 amide bonds. The van der Waals surface area contributed by atoms with E-state index in [1.807, 2.05) is 4.90 Å². The number of carbonyl (C=O) groups excluding carboxylic acids is 1. The molecule has 5 heteroatoms. The first-order valence-electron chi connectivity index (χ1n) is 4.97. The molecule has 0 spiro atoms. The molecule has 0 radical (unpaired) electrons. The van der Waals surface area contributed by atoms with Crippen LogP contribution in [0.1, 0.15) is 22.5 Å². The van der Waals surface area contributed by atoms with Crippen molar-refractivity contribution < 1.29 is 4.79 Å². The van der Waals surface area contributed by atoms with Gasteiger partial charge in [0.2, 0.25) is 0 Å². The van der Waals surface area contributed by atoms with Crippen LogP contribution in [0.25, 0.3) is 0 Å². The summed E-state index contributed by atoms with van der Waals surface area (Å²) in [4.78, 5) is 14.5. The summed E-state index contributed by atoms with van der Waals surface area (Å²) < 4.78 is 0.652. The summed E-state index contributed by atoms with van der Waals surface area (Å²) in [5, 5.41) is 0. The third-order valence-corrected chi connectivity index (χ3v) is 3.75. The first kappa shape index (κ1) is 10.9. The highest BCUT2D eigenvalue weighted by Gasteiger charge is 2.23. The van der Waals surface area contributed by atoms with Crippen LogP contribution in [0.2, 0.25) is 4.34 Å². The van der Waals surface area contributed by atoms with Gasteiger partial charge in [0, 0.05) is 19.1 Å². The number of piperidine rings is 1. The lowest BCUT2D eigenvalue weighted by atomic mass is 10.1. The number of rotatable bonds is 1. The molecular formula is C10H13ClN2OS. The summed E-state index contributed by atoms with van der Waals surface area (Å²) in [7, 11) is 0. The Balaban J connectivity index is 2.07. The summed E-state index contributed by atoms with van der Waals surface area (Å²) in [5.74, 6) is 0.0575. The largest absolute Gasteiger partial charge is 0.336 e. The molecule has 1 saturated heterocycles. The van der Waals surface area contributed by atoms with Gasteiger partial charge in [-0.15, -0.1) is 11.3 Å². The van der Waals surface area contributed by atoms with E-state index in [0.29, 0.717) is 15.8 Å². The van der Waals surface area contributed by atoms with E-state index in [1.165, 1.54) is 11.3 Å². The minimum atomic E-state index is 0.0575. The van der Waals surface area contributed by atoms with Crippen molar-refractivity contribution in [3.8, 4) is 0 Å². The van der Waals surface area contributed by atoms with E-state index in [9.17, 15) is 4.79 Å². The fourth-order valence-corrected chi connectivity index (χ4v) is 2.79. The van der Waals surface area contributed by atoms with Crippen molar-refractivity contribution in [2.45, 2.75) is 18.9 Å². The van der Waals surface area contributed by atoms with Crippen LogP contribution in [0.3, 0.4) is 0 Å². The quantitative estimate of drug-likeness (QED) is 0.821. The van der Waals surface area contributed by atoms with Gasteiger partial charge in [-0.05, 0) is 25.0 Å². The number of halogens is 1. The third kappa shape index (κ3) is 2.51. The Morgan fingerprint density at radius 3 is 3.00 bits per heavy atom. The molecule has 1 atom stereocenters. The maximum absolute atomic E-state index is 12.0. The van der Waals surface area contributed by atoms with E-state index in [4.69, 9.17) is 17.3 Å². The molecule has 0 aromatic carbocycles. The van der Waals surface area contributed by atoms with Crippen LogP contribution in [-0.4, -0.2) is 29.9 Å².